The van der Waals surface area contributed by atoms with Gasteiger partial charge in [-0.25, -0.2) is 4.98 Å². The first-order chi connectivity index (χ1) is 12.0. The van der Waals surface area contributed by atoms with E-state index in [-0.39, 0.29) is 5.92 Å². The largest absolute Gasteiger partial charge is 0.292 e. The normalized spacial score (nSPS) is 13.1. The molecule has 25 heavy (non-hydrogen) atoms. The molecule has 3 aromatic rings. The molecule has 4 heteroatoms. The monoisotopic (exact) mass is 330 g/mol. The average molecular weight is 330 g/mol. The molecule has 4 rings (SSSR count). The summed E-state index contributed by atoms with van der Waals surface area (Å²) < 4.78 is 1.84. The molecule has 0 aliphatic heterocycles. The van der Waals surface area contributed by atoms with Crippen LogP contribution in [0.15, 0.2) is 48.5 Å². The van der Waals surface area contributed by atoms with Crippen LogP contribution in [0.2, 0.25) is 0 Å². The van der Waals surface area contributed by atoms with Crippen molar-refractivity contribution in [3.8, 4) is 16.9 Å². The minimum absolute atomic E-state index is 0.113. The number of nitrogens with zero attached hydrogens (tertiary/aromatic N) is 2. The Morgan fingerprint density at radius 2 is 1.52 bits per heavy atom. The van der Waals surface area contributed by atoms with Crippen LogP contribution in [-0.4, -0.2) is 21.1 Å². The summed E-state index contributed by atoms with van der Waals surface area (Å²) in [5.41, 5.74) is 4.12. The van der Waals surface area contributed by atoms with E-state index in [1.165, 1.54) is 0 Å². The fourth-order valence-corrected chi connectivity index (χ4v) is 3.29. The highest BCUT2D eigenvalue weighted by molar-refractivity contribution is 6.52. The number of imidazole rings is 1. The highest BCUT2D eigenvalue weighted by atomic mass is 16.2. The topological polar surface area (TPSA) is 52.0 Å². The number of Topliss-reactive ketones (excluding diaryl/α,β-unsaturated/α-hetero) is 2. The minimum atomic E-state index is -0.492. The number of ketones is 2. The third kappa shape index (κ3) is 2.25. The van der Waals surface area contributed by atoms with Crippen LogP contribution in [0, 0.1) is 6.92 Å². The third-order valence-corrected chi connectivity index (χ3v) is 4.56. The summed E-state index contributed by atoms with van der Waals surface area (Å²) >= 11 is 0. The van der Waals surface area contributed by atoms with Gasteiger partial charge in [-0.05, 0) is 19.1 Å². The van der Waals surface area contributed by atoms with Crippen LogP contribution >= 0.6 is 0 Å². The van der Waals surface area contributed by atoms with E-state index >= 15 is 0 Å². The Balaban J connectivity index is 2.08. The van der Waals surface area contributed by atoms with Gasteiger partial charge in [0.15, 0.2) is 0 Å². The number of carbonyl (C=O) groups excluding carboxylic acids is 2. The van der Waals surface area contributed by atoms with E-state index in [1.54, 1.807) is 12.1 Å². The third-order valence-electron chi connectivity index (χ3n) is 4.56. The van der Waals surface area contributed by atoms with E-state index in [0.29, 0.717) is 17.0 Å². The molecule has 0 radical (unpaired) electrons. The van der Waals surface area contributed by atoms with E-state index in [2.05, 4.69) is 0 Å². The van der Waals surface area contributed by atoms with Crippen LogP contribution in [0.4, 0.5) is 0 Å². The standard InChI is InChI=1S/C21H18N2O2/c1-12(2)21-22-17-15-6-4-5-7-16(15)19(24)20(25)18(17)23(21)14-10-8-13(3)9-11-14/h4-12H,1-3H3. The van der Waals surface area contributed by atoms with Crippen molar-refractivity contribution in [2.24, 2.45) is 0 Å². The zero-order valence-corrected chi connectivity index (χ0v) is 14.4. The first-order valence-corrected chi connectivity index (χ1v) is 8.37. The SMILES string of the molecule is Cc1ccc(-n2c(C(C)C)nc3c2C(=O)C(=O)c2ccccc2-3)cc1. The lowest BCUT2D eigenvalue weighted by Gasteiger charge is -2.17. The maximum atomic E-state index is 12.9. The van der Waals surface area contributed by atoms with Gasteiger partial charge in [0.25, 0.3) is 5.78 Å². The summed E-state index contributed by atoms with van der Waals surface area (Å²) in [6.45, 7) is 6.09. The molecule has 124 valence electrons. The fraction of sp³-hybridized carbons (Fsp3) is 0.190. The lowest BCUT2D eigenvalue weighted by Crippen LogP contribution is -2.24. The van der Waals surface area contributed by atoms with Gasteiger partial charge < -0.3 is 0 Å². The molecule has 0 amide bonds. The fourth-order valence-electron chi connectivity index (χ4n) is 3.29. The highest BCUT2D eigenvalue weighted by Crippen LogP contribution is 2.36. The van der Waals surface area contributed by atoms with Gasteiger partial charge in [-0.1, -0.05) is 55.8 Å². The Labute approximate surface area is 146 Å². The molecule has 1 aromatic heterocycles. The number of hydrogen-bond donors (Lipinski definition) is 0. The molecule has 0 saturated heterocycles. The van der Waals surface area contributed by atoms with E-state index in [4.69, 9.17) is 4.98 Å². The van der Waals surface area contributed by atoms with Crippen molar-refractivity contribution >= 4 is 11.6 Å². The van der Waals surface area contributed by atoms with Gasteiger partial charge in [-0.3, -0.25) is 14.2 Å². The van der Waals surface area contributed by atoms with Crippen LogP contribution in [0.25, 0.3) is 16.9 Å². The molecule has 1 aliphatic carbocycles. The van der Waals surface area contributed by atoms with Gasteiger partial charge in [-0.2, -0.15) is 0 Å². The minimum Gasteiger partial charge on any atom is -0.292 e. The van der Waals surface area contributed by atoms with Crippen LogP contribution in [0.3, 0.4) is 0 Å². The average Bonchev–Trinajstić information content (AvgIpc) is 3.01. The first-order valence-electron chi connectivity index (χ1n) is 8.37. The quantitative estimate of drug-likeness (QED) is 0.656. The summed E-state index contributed by atoms with van der Waals surface area (Å²) in [5, 5.41) is 0. The zero-order valence-electron chi connectivity index (χ0n) is 14.4. The van der Waals surface area contributed by atoms with E-state index in [0.717, 1.165) is 22.6 Å². The van der Waals surface area contributed by atoms with Crippen molar-refractivity contribution in [3.63, 3.8) is 0 Å². The maximum absolute atomic E-state index is 12.9. The van der Waals surface area contributed by atoms with Crippen molar-refractivity contribution in [2.75, 3.05) is 0 Å². The molecule has 4 nitrogen and oxygen atoms in total. The Bertz CT molecular complexity index is 1010. The molecule has 0 saturated carbocycles. The zero-order chi connectivity index (χ0) is 17.7. The smallest absolute Gasteiger partial charge is 0.252 e. The predicted octanol–water partition coefficient (Wildman–Crippen LogP) is 4.35. The second kappa shape index (κ2) is 5.52. The molecular formula is C21H18N2O2. The molecular weight excluding hydrogens is 312 g/mol. The van der Waals surface area contributed by atoms with Crippen LogP contribution in [0.1, 0.15) is 52.0 Å². The molecule has 1 aliphatic rings. The van der Waals surface area contributed by atoms with E-state index < -0.39 is 11.6 Å². The molecule has 0 N–H and O–H groups in total. The number of benzene rings is 2. The van der Waals surface area contributed by atoms with Crippen molar-refractivity contribution in [2.45, 2.75) is 26.7 Å². The van der Waals surface area contributed by atoms with Gasteiger partial charge in [0.2, 0.25) is 5.78 Å². The van der Waals surface area contributed by atoms with Gasteiger partial charge in [0.05, 0.1) is 0 Å². The first kappa shape index (κ1) is 15.5. The number of rotatable bonds is 2. The number of hydrogen-bond acceptors (Lipinski definition) is 3. The Hall–Kier alpha value is -3.01. The Morgan fingerprint density at radius 3 is 2.16 bits per heavy atom. The number of fused-ring (bicyclic) bond motifs is 3. The van der Waals surface area contributed by atoms with Gasteiger partial charge in [-0.15, -0.1) is 0 Å². The second-order valence-electron chi connectivity index (χ2n) is 6.70. The van der Waals surface area contributed by atoms with Crippen molar-refractivity contribution < 1.29 is 9.59 Å². The van der Waals surface area contributed by atoms with E-state index in [9.17, 15) is 9.59 Å². The second-order valence-corrected chi connectivity index (χ2v) is 6.70. The van der Waals surface area contributed by atoms with Crippen molar-refractivity contribution in [1.29, 1.82) is 0 Å². The predicted molar refractivity (Wildman–Crippen MR) is 96.5 cm³/mol. The summed E-state index contributed by atoms with van der Waals surface area (Å²) in [6.07, 6.45) is 0. The van der Waals surface area contributed by atoms with Gasteiger partial charge >= 0.3 is 0 Å². The van der Waals surface area contributed by atoms with Crippen LogP contribution < -0.4 is 0 Å². The van der Waals surface area contributed by atoms with Crippen molar-refractivity contribution in [3.05, 3.63) is 71.2 Å². The highest BCUT2D eigenvalue weighted by Gasteiger charge is 2.36. The summed E-state index contributed by atoms with van der Waals surface area (Å²) in [6, 6.07) is 15.1. The van der Waals surface area contributed by atoms with Gasteiger partial charge in [0, 0.05) is 22.7 Å². The molecule has 0 unspecified atom stereocenters. The number of aromatic nitrogens is 2. The lowest BCUT2D eigenvalue weighted by atomic mass is 9.90. The summed E-state index contributed by atoms with van der Waals surface area (Å²) in [4.78, 5) is 30.2. The number of carbonyl (C=O) groups is 2. The van der Waals surface area contributed by atoms with Crippen molar-refractivity contribution in [1.82, 2.24) is 9.55 Å². The van der Waals surface area contributed by atoms with Crippen LogP contribution in [-0.2, 0) is 0 Å². The lowest BCUT2D eigenvalue weighted by molar-refractivity contribution is 0.0811. The number of aryl methyl sites for hydroxylation is 1. The molecule has 0 spiro atoms. The molecule has 0 atom stereocenters. The van der Waals surface area contributed by atoms with E-state index in [1.807, 2.05) is 61.7 Å². The summed E-state index contributed by atoms with van der Waals surface area (Å²) in [5.74, 6) is -0.0611. The molecule has 0 fully saturated rings. The molecule has 2 aromatic carbocycles. The Morgan fingerprint density at radius 1 is 0.880 bits per heavy atom. The maximum Gasteiger partial charge on any atom is 0.252 e. The molecule has 1 heterocycles. The molecule has 0 bridgehead atoms. The van der Waals surface area contributed by atoms with Crippen LogP contribution in [0.5, 0.6) is 0 Å². The van der Waals surface area contributed by atoms with Gasteiger partial charge in [0.1, 0.15) is 17.2 Å². The Kier molecular flexibility index (Phi) is 3.42. The summed E-state index contributed by atoms with van der Waals surface area (Å²) in [7, 11) is 0.